The maximum atomic E-state index is 12.4. The highest BCUT2D eigenvalue weighted by Crippen LogP contribution is 2.32. The van der Waals surface area contributed by atoms with Crippen molar-refractivity contribution in [3.63, 3.8) is 0 Å². The molecule has 0 bridgehead atoms. The first-order valence-electron chi connectivity index (χ1n) is 10.8. The fraction of sp³-hybridized carbons (Fsp3) is 0.320. The van der Waals surface area contributed by atoms with Crippen LogP contribution in [0.5, 0.6) is 0 Å². The molecule has 4 rings (SSSR count). The van der Waals surface area contributed by atoms with Gasteiger partial charge in [-0.25, -0.2) is 4.79 Å². The Morgan fingerprint density at radius 2 is 1.44 bits per heavy atom. The Bertz CT molecular complexity index is 1060. The van der Waals surface area contributed by atoms with Gasteiger partial charge in [0.05, 0.1) is 0 Å². The van der Waals surface area contributed by atoms with E-state index in [1.165, 1.54) is 4.90 Å². The molecule has 0 aromatic heterocycles. The summed E-state index contributed by atoms with van der Waals surface area (Å²) in [6, 6.07) is 13.9. The summed E-state index contributed by atoms with van der Waals surface area (Å²) < 4.78 is 0. The number of nitrogens with zero attached hydrogens (tertiary/aromatic N) is 1. The van der Waals surface area contributed by atoms with Crippen molar-refractivity contribution in [2.75, 3.05) is 17.2 Å². The van der Waals surface area contributed by atoms with Crippen molar-refractivity contribution in [1.29, 1.82) is 0 Å². The number of hydrogen-bond acceptors (Lipinski definition) is 3. The van der Waals surface area contributed by atoms with Gasteiger partial charge in [-0.3, -0.25) is 14.5 Å². The number of anilines is 2. The predicted molar refractivity (Wildman–Crippen MR) is 121 cm³/mol. The Kier molecular flexibility index (Phi) is 6.41. The maximum absolute atomic E-state index is 12.4. The molecule has 1 heterocycles. The fourth-order valence-corrected chi connectivity index (χ4v) is 3.71. The Morgan fingerprint density at radius 3 is 1.97 bits per heavy atom. The smallest absolute Gasteiger partial charge is 0.407 e. The third-order valence-electron chi connectivity index (χ3n) is 5.64. The number of carboxylic acid groups (broad SMARTS) is 1. The molecular formula is C25H25N3O4. The van der Waals surface area contributed by atoms with Crippen molar-refractivity contribution in [3.05, 3.63) is 59.7 Å². The molecule has 164 valence electrons. The highest BCUT2D eigenvalue weighted by Gasteiger charge is 2.34. The first kappa shape index (κ1) is 21.4. The second kappa shape index (κ2) is 9.56. The number of benzene rings is 2. The average Bonchev–Trinajstić information content (AvgIpc) is 3.44. The third-order valence-corrected chi connectivity index (χ3v) is 5.64. The molecule has 2 fully saturated rings. The van der Waals surface area contributed by atoms with Crippen LogP contribution in [0.15, 0.2) is 48.5 Å². The van der Waals surface area contributed by atoms with E-state index in [9.17, 15) is 19.5 Å². The van der Waals surface area contributed by atoms with Crippen molar-refractivity contribution >= 4 is 29.3 Å². The summed E-state index contributed by atoms with van der Waals surface area (Å²) in [5.74, 6) is 6.47. The number of amides is 3. The van der Waals surface area contributed by atoms with Gasteiger partial charge in [-0.1, -0.05) is 11.8 Å². The lowest BCUT2D eigenvalue weighted by molar-refractivity contribution is -0.120. The lowest BCUT2D eigenvalue weighted by Crippen LogP contribution is -2.42. The average molecular weight is 431 g/mol. The Balaban J connectivity index is 1.31. The van der Waals surface area contributed by atoms with E-state index in [0.717, 1.165) is 29.7 Å². The van der Waals surface area contributed by atoms with E-state index in [1.54, 1.807) is 24.3 Å². The van der Waals surface area contributed by atoms with E-state index in [-0.39, 0.29) is 11.8 Å². The molecule has 32 heavy (non-hydrogen) atoms. The molecule has 7 nitrogen and oxygen atoms in total. The highest BCUT2D eigenvalue weighted by molar-refractivity contribution is 5.96. The van der Waals surface area contributed by atoms with Crippen molar-refractivity contribution in [1.82, 2.24) is 4.90 Å². The second-order valence-electron chi connectivity index (χ2n) is 8.22. The molecule has 1 atom stereocenters. The van der Waals surface area contributed by atoms with Gasteiger partial charge in [0.2, 0.25) is 11.8 Å². The number of nitrogens with one attached hydrogen (secondary N) is 2. The lowest BCUT2D eigenvalue weighted by atomic mass is 10.1. The summed E-state index contributed by atoms with van der Waals surface area (Å²) in [5.41, 5.74) is 2.99. The molecule has 2 aromatic carbocycles. The summed E-state index contributed by atoms with van der Waals surface area (Å²) in [4.78, 5) is 36.7. The van der Waals surface area contributed by atoms with E-state index >= 15 is 0 Å². The minimum absolute atomic E-state index is 0.0575. The molecule has 1 aliphatic carbocycles. The minimum atomic E-state index is -1.07. The molecule has 1 saturated heterocycles. The lowest BCUT2D eigenvalue weighted by Gasteiger charge is -2.20. The van der Waals surface area contributed by atoms with E-state index in [2.05, 4.69) is 22.5 Å². The van der Waals surface area contributed by atoms with E-state index in [4.69, 9.17) is 0 Å². The van der Waals surface area contributed by atoms with Crippen LogP contribution in [0.2, 0.25) is 0 Å². The summed E-state index contributed by atoms with van der Waals surface area (Å²) in [5, 5.41) is 14.9. The van der Waals surface area contributed by atoms with Gasteiger partial charge in [0.1, 0.15) is 6.04 Å². The first-order valence-corrected chi connectivity index (χ1v) is 10.8. The van der Waals surface area contributed by atoms with Gasteiger partial charge in [0.25, 0.3) is 0 Å². The largest absolute Gasteiger partial charge is 0.465 e. The Morgan fingerprint density at radius 1 is 0.875 bits per heavy atom. The van der Waals surface area contributed by atoms with Crippen LogP contribution in [0, 0.1) is 17.8 Å². The zero-order chi connectivity index (χ0) is 22.5. The second-order valence-corrected chi connectivity index (χ2v) is 8.22. The summed E-state index contributed by atoms with van der Waals surface area (Å²) in [7, 11) is 0. The van der Waals surface area contributed by atoms with Crippen molar-refractivity contribution in [2.45, 2.75) is 38.1 Å². The van der Waals surface area contributed by atoms with Crippen LogP contribution < -0.4 is 10.6 Å². The van der Waals surface area contributed by atoms with Gasteiger partial charge in [-0.15, -0.1) is 0 Å². The van der Waals surface area contributed by atoms with Crippen LogP contribution >= 0.6 is 0 Å². The van der Waals surface area contributed by atoms with Crippen LogP contribution in [-0.4, -0.2) is 40.5 Å². The molecule has 7 heteroatoms. The summed E-state index contributed by atoms with van der Waals surface area (Å²) in [6.45, 7) is 0.385. The van der Waals surface area contributed by atoms with E-state index < -0.39 is 12.1 Å². The van der Waals surface area contributed by atoms with Crippen LogP contribution in [0.1, 0.15) is 43.2 Å². The number of rotatable bonds is 5. The van der Waals surface area contributed by atoms with E-state index in [1.807, 2.05) is 24.3 Å². The number of carbonyl (C=O) groups excluding carboxylic acids is 2. The monoisotopic (exact) mass is 431 g/mol. The molecule has 2 aliphatic rings. The van der Waals surface area contributed by atoms with Crippen molar-refractivity contribution in [2.24, 2.45) is 5.92 Å². The maximum Gasteiger partial charge on any atom is 0.407 e. The molecular weight excluding hydrogens is 406 g/mol. The molecule has 2 aromatic rings. The standard InChI is InChI=1S/C25H25N3O4/c29-23(16-19-5-6-19)26-20-11-7-17(8-12-20)3-4-18-9-13-21(14-10-18)27-24(30)22-2-1-15-28(22)25(31)32/h7-14,19,22H,1-2,5-6,15-16H2,(H,26,29)(H,27,30)(H,31,32)/t22-/m0/s1. The summed E-state index contributed by atoms with van der Waals surface area (Å²) in [6.07, 6.45) is 3.05. The molecule has 0 spiro atoms. The van der Waals surface area contributed by atoms with Gasteiger partial charge in [-0.2, -0.15) is 0 Å². The topological polar surface area (TPSA) is 98.7 Å². The first-order chi connectivity index (χ1) is 15.5. The zero-order valence-electron chi connectivity index (χ0n) is 17.6. The van der Waals surface area contributed by atoms with Gasteiger partial charge in [0.15, 0.2) is 0 Å². The predicted octanol–water partition coefficient (Wildman–Crippen LogP) is 3.91. The molecule has 0 unspecified atom stereocenters. The Labute approximate surface area is 186 Å². The SMILES string of the molecule is O=C(CC1CC1)Nc1ccc(C#Cc2ccc(NC(=O)[C@@H]3CCCN3C(=O)O)cc2)cc1. The van der Waals surface area contributed by atoms with Crippen molar-refractivity contribution in [3.8, 4) is 11.8 Å². The molecule has 1 aliphatic heterocycles. The van der Waals surface area contributed by atoms with Gasteiger partial charge >= 0.3 is 6.09 Å². The molecule has 1 saturated carbocycles. The van der Waals surface area contributed by atoms with Crippen LogP contribution in [-0.2, 0) is 9.59 Å². The van der Waals surface area contributed by atoms with Gasteiger partial charge < -0.3 is 15.7 Å². The van der Waals surface area contributed by atoms with Gasteiger partial charge in [-0.05, 0) is 80.1 Å². The number of hydrogen-bond donors (Lipinski definition) is 3. The third kappa shape index (κ3) is 5.67. The highest BCUT2D eigenvalue weighted by atomic mass is 16.4. The number of likely N-dealkylation sites (tertiary alicyclic amines) is 1. The van der Waals surface area contributed by atoms with Gasteiger partial charge in [0, 0.05) is 35.5 Å². The van der Waals surface area contributed by atoms with Crippen molar-refractivity contribution < 1.29 is 19.5 Å². The molecule has 3 N–H and O–H groups in total. The minimum Gasteiger partial charge on any atom is -0.465 e. The quantitative estimate of drug-likeness (QED) is 0.625. The van der Waals surface area contributed by atoms with Crippen LogP contribution in [0.3, 0.4) is 0 Å². The van der Waals surface area contributed by atoms with Crippen LogP contribution in [0.4, 0.5) is 16.2 Å². The summed E-state index contributed by atoms with van der Waals surface area (Å²) >= 11 is 0. The number of carbonyl (C=O) groups is 3. The normalized spacial score (nSPS) is 17.2. The zero-order valence-corrected chi connectivity index (χ0v) is 17.6. The van der Waals surface area contributed by atoms with E-state index in [0.29, 0.717) is 37.4 Å². The van der Waals surface area contributed by atoms with Crippen LogP contribution in [0.25, 0.3) is 0 Å². The fourth-order valence-electron chi connectivity index (χ4n) is 3.71. The molecule has 0 radical (unpaired) electrons. The molecule has 3 amide bonds. The Hall–Kier alpha value is -3.79.